The zero-order valence-corrected chi connectivity index (χ0v) is 14.4. The van der Waals surface area contributed by atoms with Crippen molar-refractivity contribution in [3.63, 3.8) is 0 Å². The van der Waals surface area contributed by atoms with Crippen LogP contribution in [0.3, 0.4) is 0 Å². The first-order chi connectivity index (χ1) is 10.0. The molecule has 1 unspecified atom stereocenters. The van der Waals surface area contributed by atoms with Crippen LogP contribution >= 0.6 is 11.3 Å². The molecule has 1 aliphatic rings. The van der Waals surface area contributed by atoms with Crippen molar-refractivity contribution in [1.82, 2.24) is 14.3 Å². The minimum absolute atomic E-state index is 0.389. The van der Waals surface area contributed by atoms with E-state index in [0.29, 0.717) is 25.6 Å². The summed E-state index contributed by atoms with van der Waals surface area (Å²) >= 11 is 1.67. The summed E-state index contributed by atoms with van der Waals surface area (Å²) < 4.78 is 29.1. The summed E-state index contributed by atoms with van der Waals surface area (Å²) in [6.07, 6.45) is 3.03. The van der Waals surface area contributed by atoms with Gasteiger partial charge in [-0.3, -0.25) is 0 Å². The topological polar surface area (TPSA) is 61.4 Å². The minimum Gasteiger partial charge on any atom is -0.319 e. The summed E-state index contributed by atoms with van der Waals surface area (Å²) in [5.74, 6) is 0.411. The van der Waals surface area contributed by atoms with Crippen molar-refractivity contribution in [2.45, 2.75) is 32.7 Å². The van der Waals surface area contributed by atoms with Crippen molar-refractivity contribution in [3.05, 3.63) is 21.9 Å². The largest absolute Gasteiger partial charge is 0.319 e. The molecule has 1 saturated heterocycles. The maximum atomic E-state index is 12.4. The van der Waals surface area contributed by atoms with E-state index >= 15 is 0 Å². The number of hydrogen-bond acceptors (Lipinski definition) is 4. The first-order valence-electron chi connectivity index (χ1n) is 7.52. The molecule has 7 heteroatoms. The van der Waals surface area contributed by atoms with Gasteiger partial charge in [0.1, 0.15) is 0 Å². The molecule has 1 atom stereocenters. The Labute approximate surface area is 131 Å². The fraction of sp³-hybridized carbons (Fsp3) is 0.714. The van der Waals surface area contributed by atoms with Crippen LogP contribution in [0.2, 0.25) is 0 Å². The van der Waals surface area contributed by atoms with Crippen LogP contribution in [0.25, 0.3) is 0 Å². The number of nitrogens with one attached hydrogen (secondary N) is 2. The Morgan fingerprint density at radius 2 is 2.14 bits per heavy atom. The highest BCUT2D eigenvalue weighted by molar-refractivity contribution is 7.87. The number of hydrogen-bond donors (Lipinski definition) is 2. The summed E-state index contributed by atoms with van der Waals surface area (Å²) in [4.78, 5) is 2.36. The van der Waals surface area contributed by atoms with Crippen LogP contribution in [0.15, 0.2) is 12.1 Å². The molecule has 0 aliphatic carbocycles. The molecule has 0 aromatic carbocycles. The lowest BCUT2D eigenvalue weighted by Crippen LogP contribution is -2.47. The van der Waals surface area contributed by atoms with Crippen molar-refractivity contribution in [3.8, 4) is 0 Å². The van der Waals surface area contributed by atoms with Crippen molar-refractivity contribution < 1.29 is 8.42 Å². The lowest BCUT2D eigenvalue weighted by molar-refractivity contribution is 0.261. The molecule has 1 aromatic heterocycles. The first kappa shape index (κ1) is 16.9. The summed E-state index contributed by atoms with van der Waals surface area (Å²) in [5.41, 5.74) is 0. The quantitative estimate of drug-likeness (QED) is 0.797. The molecule has 0 amide bonds. The fourth-order valence-electron chi connectivity index (χ4n) is 2.66. The summed E-state index contributed by atoms with van der Waals surface area (Å²) in [6, 6.07) is 4.07. The van der Waals surface area contributed by atoms with E-state index in [1.807, 2.05) is 13.1 Å². The third kappa shape index (κ3) is 4.75. The summed E-state index contributed by atoms with van der Waals surface area (Å²) in [5, 5.41) is 3.14. The molecule has 1 fully saturated rings. The van der Waals surface area contributed by atoms with Crippen molar-refractivity contribution >= 4 is 21.5 Å². The van der Waals surface area contributed by atoms with Crippen LogP contribution in [-0.2, 0) is 23.2 Å². The van der Waals surface area contributed by atoms with E-state index < -0.39 is 10.2 Å². The minimum atomic E-state index is -3.37. The van der Waals surface area contributed by atoms with Gasteiger partial charge in [-0.2, -0.15) is 17.4 Å². The molecule has 0 saturated carbocycles. The third-order valence-corrected chi connectivity index (χ3v) is 6.56. The van der Waals surface area contributed by atoms with Crippen molar-refractivity contribution in [2.75, 3.05) is 26.7 Å². The van der Waals surface area contributed by atoms with Gasteiger partial charge < -0.3 is 5.32 Å². The second-order valence-electron chi connectivity index (χ2n) is 5.47. The molecule has 0 spiro atoms. The smallest absolute Gasteiger partial charge is 0.279 e. The highest BCUT2D eigenvalue weighted by Gasteiger charge is 2.28. The Bertz CT molecular complexity index is 540. The predicted molar refractivity (Wildman–Crippen MR) is 87.7 cm³/mol. The monoisotopic (exact) mass is 331 g/mol. The van der Waals surface area contributed by atoms with Gasteiger partial charge in [0.25, 0.3) is 10.2 Å². The van der Waals surface area contributed by atoms with Crippen LogP contribution in [0, 0.1) is 5.92 Å². The van der Waals surface area contributed by atoms with E-state index in [4.69, 9.17) is 0 Å². The molecule has 120 valence electrons. The van der Waals surface area contributed by atoms with E-state index in [1.54, 1.807) is 15.6 Å². The zero-order chi connectivity index (χ0) is 15.3. The van der Waals surface area contributed by atoms with E-state index in [-0.39, 0.29) is 0 Å². The average molecular weight is 332 g/mol. The van der Waals surface area contributed by atoms with Gasteiger partial charge in [0.05, 0.1) is 0 Å². The van der Waals surface area contributed by atoms with Gasteiger partial charge >= 0.3 is 0 Å². The highest BCUT2D eigenvalue weighted by Crippen LogP contribution is 2.20. The highest BCUT2D eigenvalue weighted by atomic mass is 32.2. The Hall–Kier alpha value is -0.470. The lowest BCUT2D eigenvalue weighted by Gasteiger charge is -2.31. The van der Waals surface area contributed by atoms with Crippen molar-refractivity contribution in [2.24, 2.45) is 5.92 Å². The SMILES string of the molecule is CCc1ccc(CNS(=O)(=O)N2CCCC(CNC)C2)s1. The molecule has 1 aromatic rings. The average Bonchev–Trinajstić information content (AvgIpc) is 2.94. The first-order valence-corrected chi connectivity index (χ1v) is 9.77. The Kier molecular flexibility index (Phi) is 6.19. The van der Waals surface area contributed by atoms with Gasteiger partial charge in [-0.15, -0.1) is 11.3 Å². The van der Waals surface area contributed by atoms with Gasteiger partial charge in [0, 0.05) is 29.4 Å². The predicted octanol–water partition coefficient (Wildman–Crippen LogP) is 1.58. The lowest BCUT2D eigenvalue weighted by atomic mass is 10.00. The number of aryl methyl sites for hydroxylation is 1. The molecule has 1 aliphatic heterocycles. The maximum Gasteiger partial charge on any atom is 0.279 e. The normalized spacial score (nSPS) is 20.8. The molecule has 2 N–H and O–H groups in total. The van der Waals surface area contributed by atoms with E-state index in [1.165, 1.54) is 4.88 Å². The summed E-state index contributed by atoms with van der Waals surface area (Å²) in [6.45, 7) is 4.60. The Morgan fingerprint density at radius 1 is 1.38 bits per heavy atom. The number of piperidine rings is 1. The van der Waals surface area contributed by atoms with E-state index in [9.17, 15) is 8.42 Å². The summed E-state index contributed by atoms with van der Waals surface area (Å²) in [7, 11) is -1.46. The van der Waals surface area contributed by atoms with Gasteiger partial charge in [-0.05, 0) is 50.9 Å². The molecule has 2 heterocycles. The van der Waals surface area contributed by atoms with Gasteiger partial charge in [-0.25, -0.2) is 0 Å². The van der Waals surface area contributed by atoms with Crippen LogP contribution in [-0.4, -0.2) is 39.4 Å². The second-order valence-corrected chi connectivity index (χ2v) is 8.48. The van der Waals surface area contributed by atoms with Gasteiger partial charge in [0.2, 0.25) is 0 Å². The number of thiophene rings is 1. The van der Waals surface area contributed by atoms with E-state index in [2.05, 4.69) is 23.0 Å². The Balaban J connectivity index is 1.91. The zero-order valence-electron chi connectivity index (χ0n) is 12.8. The molecule has 0 radical (unpaired) electrons. The molecular formula is C14H25N3O2S2. The standard InChI is InChI=1S/C14H25N3O2S2/c1-3-13-6-7-14(20-13)10-16-21(18,19)17-8-4-5-12(11-17)9-15-2/h6-7,12,15-16H,3-5,8-11H2,1-2H3. The third-order valence-electron chi connectivity index (χ3n) is 3.81. The van der Waals surface area contributed by atoms with Crippen LogP contribution in [0.1, 0.15) is 29.5 Å². The van der Waals surface area contributed by atoms with Gasteiger partial charge in [-0.1, -0.05) is 6.92 Å². The Morgan fingerprint density at radius 3 is 2.81 bits per heavy atom. The molecule has 0 bridgehead atoms. The molecule has 5 nitrogen and oxygen atoms in total. The number of nitrogens with zero attached hydrogens (tertiary/aromatic N) is 1. The number of rotatable bonds is 7. The second kappa shape index (κ2) is 7.69. The van der Waals surface area contributed by atoms with Crippen LogP contribution in [0.4, 0.5) is 0 Å². The van der Waals surface area contributed by atoms with Crippen LogP contribution in [0.5, 0.6) is 0 Å². The molecular weight excluding hydrogens is 306 g/mol. The maximum absolute atomic E-state index is 12.4. The van der Waals surface area contributed by atoms with Gasteiger partial charge in [0.15, 0.2) is 0 Å². The molecule has 21 heavy (non-hydrogen) atoms. The fourth-order valence-corrected chi connectivity index (χ4v) is 4.95. The molecule has 2 rings (SSSR count). The van der Waals surface area contributed by atoms with E-state index in [0.717, 1.165) is 30.7 Å². The van der Waals surface area contributed by atoms with Crippen LogP contribution < -0.4 is 10.0 Å². The van der Waals surface area contributed by atoms with Crippen molar-refractivity contribution in [1.29, 1.82) is 0 Å².